The van der Waals surface area contributed by atoms with Gasteiger partial charge in [-0.05, 0) is 30.4 Å². The molecule has 0 saturated carbocycles. The molecular formula is C19H13ClO4S. The van der Waals surface area contributed by atoms with E-state index >= 15 is 0 Å². The van der Waals surface area contributed by atoms with E-state index in [2.05, 4.69) is 0 Å². The SMILES string of the molecule is O=C(O)COc1cccc(C(=O)/C=C/c2sc3ccccc3c2Cl)c1. The molecule has 1 N–H and O–H groups in total. The van der Waals surface area contributed by atoms with E-state index in [0.717, 1.165) is 15.0 Å². The number of halogens is 1. The van der Waals surface area contributed by atoms with Crippen LogP contribution in [-0.2, 0) is 4.79 Å². The maximum atomic E-state index is 12.3. The molecule has 6 heteroatoms. The van der Waals surface area contributed by atoms with Gasteiger partial charge in [-0.15, -0.1) is 11.3 Å². The number of carbonyl (C=O) groups excluding carboxylic acids is 1. The minimum absolute atomic E-state index is 0.214. The highest BCUT2D eigenvalue weighted by atomic mass is 35.5. The third kappa shape index (κ3) is 4.07. The van der Waals surface area contributed by atoms with Crippen LogP contribution in [-0.4, -0.2) is 23.5 Å². The lowest BCUT2D eigenvalue weighted by molar-refractivity contribution is -0.139. The molecule has 3 aromatic rings. The molecule has 0 amide bonds. The Morgan fingerprint density at radius 1 is 1.16 bits per heavy atom. The fourth-order valence-electron chi connectivity index (χ4n) is 2.27. The van der Waals surface area contributed by atoms with Gasteiger partial charge in [0.05, 0.1) is 5.02 Å². The molecule has 4 nitrogen and oxygen atoms in total. The molecule has 0 spiro atoms. The van der Waals surface area contributed by atoms with Crippen LogP contribution >= 0.6 is 22.9 Å². The summed E-state index contributed by atoms with van der Waals surface area (Å²) in [7, 11) is 0. The molecule has 1 heterocycles. The second kappa shape index (κ2) is 7.51. The van der Waals surface area contributed by atoms with Gasteiger partial charge in [0.2, 0.25) is 0 Å². The van der Waals surface area contributed by atoms with E-state index in [-0.39, 0.29) is 5.78 Å². The molecule has 1 aromatic heterocycles. The summed E-state index contributed by atoms with van der Waals surface area (Å²) < 4.78 is 6.14. The summed E-state index contributed by atoms with van der Waals surface area (Å²) in [4.78, 5) is 23.7. The standard InChI is InChI=1S/C19H13ClO4S/c20-19-14-6-1-2-7-16(14)25-17(19)9-8-15(21)12-4-3-5-13(10-12)24-11-18(22)23/h1-10H,11H2,(H,22,23)/b9-8+. The van der Waals surface area contributed by atoms with Crippen LogP contribution in [0.15, 0.2) is 54.6 Å². The van der Waals surface area contributed by atoms with Gasteiger partial charge in [0.25, 0.3) is 0 Å². The zero-order chi connectivity index (χ0) is 17.8. The highest BCUT2D eigenvalue weighted by molar-refractivity contribution is 7.20. The van der Waals surface area contributed by atoms with Crippen LogP contribution in [0.3, 0.4) is 0 Å². The van der Waals surface area contributed by atoms with Crippen LogP contribution in [0.4, 0.5) is 0 Å². The van der Waals surface area contributed by atoms with E-state index in [0.29, 0.717) is 16.3 Å². The van der Waals surface area contributed by atoms with Crippen LogP contribution in [0.5, 0.6) is 5.75 Å². The monoisotopic (exact) mass is 372 g/mol. The van der Waals surface area contributed by atoms with Crippen LogP contribution in [0.25, 0.3) is 16.2 Å². The maximum Gasteiger partial charge on any atom is 0.341 e. The molecule has 25 heavy (non-hydrogen) atoms. The van der Waals surface area contributed by atoms with Gasteiger partial charge >= 0.3 is 5.97 Å². The molecule has 3 rings (SSSR count). The molecule has 0 aliphatic carbocycles. The number of carbonyl (C=O) groups is 2. The van der Waals surface area contributed by atoms with Crippen molar-refractivity contribution in [1.29, 1.82) is 0 Å². The number of hydrogen-bond acceptors (Lipinski definition) is 4. The van der Waals surface area contributed by atoms with Crippen molar-refractivity contribution in [3.8, 4) is 5.75 Å². The van der Waals surface area contributed by atoms with Gasteiger partial charge in [-0.25, -0.2) is 4.79 Å². The van der Waals surface area contributed by atoms with Crippen LogP contribution in [0.1, 0.15) is 15.2 Å². The summed E-state index contributed by atoms with van der Waals surface area (Å²) in [5.41, 5.74) is 0.413. The van der Waals surface area contributed by atoms with Gasteiger partial charge in [0, 0.05) is 20.5 Å². The minimum atomic E-state index is -1.07. The molecule has 0 atom stereocenters. The molecule has 0 bridgehead atoms. The van der Waals surface area contributed by atoms with E-state index in [1.165, 1.54) is 23.5 Å². The van der Waals surface area contributed by atoms with Gasteiger partial charge in [0.15, 0.2) is 12.4 Å². The summed E-state index contributed by atoms with van der Waals surface area (Å²) in [5, 5.41) is 10.2. The lowest BCUT2D eigenvalue weighted by atomic mass is 10.1. The first-order valence-corrected chi connectivity index (χ1v) is 8.58. The van der Waals surface area contributed by atoms with Crippen molar-refractivity contribution in [2.24, 2.45) is 0 Å². The second-order valence-corrected chi connectivity index (χ2v) is 6.65. The zero-order valence-electron chi connectivity index (χ0n) is 12.9. The predicted molar refractivity (Wildman–Crippen MR) is 99.8 cm³/mol. The van der Waals surface area contributed by atoms with Crippen molar-refractivity contribution >= 4 is 50.9 Å². The lowest BCUT2D eigenvalue weighted by Gasteiger charge is -2.04. The van der Waals surface area contributed by atoms with Crippen molar-refractivity contribution in [2.45, 2.75) is 0 Å². The average molecular weight is 373 g/mol. The smallest absolute Gasteiger partial charge is 0.341 e. The van der Waals surface area contributed by atoms with Crippen molar-refractivity contribution in [3.05, 3.63) is 70.1 Å². The van der Waals surface area contributed by atoms with Gasteiger partial charge in [0.1, 0.15) is 5.75 Å². The zero-order valence-corrected chi connectivity index (χ0v) is 14.5. The molecule has 126 valence electrons. The minimum Gasteiger partial charge on any atom is -0.482 e. The molecular weight excluding hydrogens is 360 g/mol. The number of thiophene rings is 1. The summed E-state index contributed by atoms with van der Waals surface area (Å²) in [6.07, 6.45) is 3.15. The number of rotatable bonds is 6. The van der Waals surface area contributed by atoms with Crippen molar-refractivity contribution < 1.29 is 19.4 Å². The highest BCUT2D eigenvalue weighted by Gasteiger charge is 2.09. The van der Waals surface area contributed by atoms with E-state index < -0.39 is 12.6 Å². The van der Waals surface area contributed by atoms with Gasteiger partial charge in [-0.1, -0.05) is 41.9 Å². The Morgan fingerprint density at radius 3 is 2.72 bits per heavy atom. The quantitative estimate of drug-likeness (QED) is 0.493. The van der Waals surface area contributed by atoms with Crippen LogP contribution in [0, 0.1) is 0 Å². The number of benzene rings is 2. The first-order valence-electron chi connectivity index (χ1n) is 7.38. The molecule has 0 fully saturated rings. The Morgan fingerprint density at radius 2 is 1.96 bits per heavy atom. The first-order chi connectivity index (χ1) is 12.0. The summed E-state index contributed by atoms with van der Waals surface area (Å²) in [6.45, 7) is -0.453. The Labute approximate surface area is 152 Å². The van der Waals surface area contributed by atoms with Crippen molar-refractivity contribution in [1.82, 2.24) is 0 Å². The molecule has 0 saturated heterocycles. The molecule has 0 radical (unpaired) electrons. The predicted octanol–water partition coefficient (Wildman–Crippen LogP) is 4.91. The third-order valence-electron chi connectivity index (χ3n) is 3.43. The summed E-state index contributed by atoms with van der Waals surface area (Å²) >= 11 is 7.87. The average Bonchev–Trinajstić information content (AvgIpc) is 2.94. The highest BCUT2D eigenvalue weighted by Crippen LogP contribution is 2.36. The normalized spacial score (nSPS) is 11.1. The lowest BCUT2D eigenvalue weighted by Crippen LogP contribution is -2.09. The van der Waals surface area contributed by atoms with Gasteiger partial charge in [-0.3, -0.25) is 4.79 Å². The number of fused-ring (bicyclic) bond motifs is 1. The third-order valence-corrected chi connectivity index (χ3v) is 5.08. The number of allylic oxidation sites excluding steroid dienone is 1. The van der Waals surface area contributed by atoms with Crippen LogP contribution in [0.2, 0.25) is 5.02 Å². The number of ether oxygens (including phenoxy) is 1. The van der Waals surface area contributed by atoms with E-state index in [9.17, 15) is 9.59 Å². The van der Waals surface area contributed by atoms with E-state index in [1.54, 1.807) is 24.3 Å². The fourth-order valence-corrected chi connectivity index (χ4v) is 3.67. The van der Waals surface area contributed by atoms with Crippen LogP contribution < -0.4 is 4.74 Å². The largest absolute Gasteiger partial charge is 0.482 e. The molecule has 0 aliphatic rings. The molecule has 2 aromatic carbocycles. The number of aliphatic carboxylic acids is 1. The maximum absolute atomic E-state index is 12.3. The number of ketones is 1. The number of hydrogen-bond donors (Lipinski definition) is 1. The molecule has 0 unspecified atom stereocenters. The van der Waals surface area contributed by atoms with E-state index in [1.807, 2.05) is 24.3 Å². The number of carboxylic acids is 1. The van der Waals surface area contributed by atoms with Gasteiger partial charge < -0.3 is 9.84 Å². The van der Waals surface area contributed by atoms with Crippen molar-refractivity contribution in [3.63, 3.8) is 0 Å². The Kier molecular flexibility index (Phi) is 5.16. The Balaban J connectivity index is 1.79. The Bertz CT molecular complexity index is 974. The summed E-state index contributed by atoms with van der Waals surface area (Å²) in [6, 6.07) is 14.2. The second-order valence-electron chi connectivity index (χ2n) is 5.18. The summed E-state index contributed by atoms with van der Waals surface area (Å²) in [5.74, 6) is -0.952. The Hall–Kier alpha value is -2.63. The fraction of sp³-hybridized carbons (Fsp3) is 0.0526. The number of carboxylic acid groups (broad SMARTS) is 1. The topological polar surface area (TPSA) is 63.6 Å². The first kappa shape index (κ1) is 17.2. The molecule has 0 aliphatic heterocycles. The van der Waals surface area contributed by atoms with Crippen molar-refractivity contribution in [2.75, 3.05) is 6.61 Å². The van der Waals surface area contributed by atoms with E-state index in [4.69, 9.17) is 21.4 Å². The van der Waals surface area contributed by atoms with Gasteiger partial charge in [-0.2, -0.15) is 0 Å².